The molecular formula is C44H41N2NiO2-. The van der Waals surface area contributed by atoms with E-state index in [1.165, 1.54) is 29.0 Å². The summed E-state index contributed by atoms with van der Waals surface area (Å²) in [5, 5.41) is 2.41. The molecule has 6 aromatic rings. The van der Waals surface area contributed by atoms with E-state index in [-0.39, 0.29) is 35.8 Å². The van der Waals surface area contributed by atoms with Gasteiger partial charge in [0, 0.05) is 44.1 Å². The summed E-state index contributed by atoms with van der Waals surface area (Å²) in [6.07, 6.45) is 0. The normalized spacial score (nSPS) is 13.0. The van der Waals surface area contributed by atoms with E-state index in [0.717, 1.165) is 56.2 Å². The zero-order chi connectivity index (χ0) is 32.9. The first-order chi connectivity index (χ1) is 22.8. The number of aryl methyl sites for hydroxylation is 2. The van der Waals surface area contributed by atoms with E-state index >= 15 is 0 Å². The minimum Gasteiger partial charge on any atom is -0.469 e. The number of hydrogen-bond acceptors (Lipinski definition) is 4. The first kappa shape index (κ1) is 36.7. The minimum absolute atomic E-state index is 0. The van der Waals surface area contributed by atoms with Gasteiger partial charge in [-0.05, 0) is 54.6 Å². The molecule has 250 valence electrons. The first-order valence-electron chi connectivity index (χ1n) is 15.9. The number of ether oxygens (including phenoxy) is 1. The van der Waals surface area contributed by atoms with E-state index < -0.39 is 0 Å². The molecule has 0 spiro atoms. The second-order valence-corrected chi connectivity index (χ2v) is 12.1. The molecule has 0 fully saturated rings. The van der Waals surface area contributed by atoms with E-state index in [0.29, 0.717) is 0 Å². The number of benzene rings is 6. The van der Waals surface area contributed by atoms with Crippen LogP contribution in [0.3, 0.4) is 0 Å². The van der Waals surface area contributed by atoms with Crippen molar-refractivity contribution in [3.8, 4) is 22.3 Å². The number of nitrogens with zero attached hydrogens (tertiary/aromatic N) is 2. The van der Waals surface area contributed by atoms with Gasteiger partial charge in [-0.15, -0.1) is 0 Å². The molecule has 0 aliphatic heterocycles. The first-order valence-corrected chi connectivity index (χ1v) is 15.9. The second kappa shape index (κ2) is 16.3. The number of carbonyl (C=O) groups is 1. The van der Waals surface area contributed by atoms with Gasteiger partial charge in [0.15, 0.2) is 0 Å². The van der Waals surface area contributed by atoms with E-state index in [9.17, 15) is 4.79 Å². The van der Waals surface area contributed by atoms with Crippen molar-refractivity contribution in [1.82, 2.24) is 0 Å². The molecule has 7 rings (SSSR count). The van der Waals surface area contributed by atoms with E-state index in [1.54, 1.807) is 13.8 Å². The standard InChI is InChI=1S/C38H28N2.C5H10O2.CH3.Ni/c1-25-19-21-34(32(23-25)27-11-5-3-6-12-27)39-37-30-17-9-15-29-16-10-18-31(36(29)30)38(37)40-35-22-20-26(2)24-33(35)28-13-7-4-8-14-28;1-4(2)5(6)7-3;;/h3-24H,1-2H3;4H,1-3H3;1H3;/q;;-1;. The molecule has 1 aliphatic carbocycles. The quantitative estimate of drug-likeness (QED) is 0.103. The maximum absolute atomic E-state index is 10.3. The number of esters is 1. The van der Waals surface area contributed by atoms with Crippen molar-refractivity contribution >= 4 is 39.5 Å². The van der Waals surface area contributed by atoms with Gasteiger partial charge >= 0.3 is 5.97 Å². The Balaban J connectivity index is 0.000000546. The molecule has 0 heterocycles. The van der Waals surface area contributed by atoms with Crippen molar-refractivity contribution in [2.75, 3.05) is 7.11 Å². The Kier molecular flexibility index (Phi) is 12.2. The van der Waals surface area contributed by atoms with Crippen molar-refractivity contribution in [2.45, 2.75) is 27.7 Å². The van der Waals surface area contributed by atoms with Crippen LogP contribution >= 0.6 is 0 Å². The Hall–Kier alpha value is -5.12. The monoisotopic (exact) mass is 687 g/mol. The van der Waals surface area contributed by atoms with Crippen LogP contribution in [0.25, 0.3) is 33.0 Å². The molecular weight excluding hydrogens is 647 g/mol. The second-order valence-electron chi connectivity index (χ2n) is 12.1. The Morgan fingerprint density at radius 2 is 1.00 bits per heavy atom. The molecule has 4 nitrogen and oxygen atoms in total. The van der Waals surface area contributed by atoms with E-state index in [2.05, 4.69) is 152 Å². The number of hydrogen-bond donors (Lipinski definition) is 0. The third kappa shape index (κ3) is 7.96. The topological polar surface area (TPSA) is 51.0 Å². The molecule has 0 atom stereocenters. The summed E-state index contributed by atoms with van der Waals surface area (Å²) in [6.45, 7) is 7.85. The fourth-order valence-corrected chi connectivity index (χ4v) is 5.89. The van der Waals surface area contributed by atoms with Crippen LogP contribution in [0, 0.1) is 27.2 Å². The molecule has 0 saturated carbocycles. The van der Waals surface area contributed by atoms with E-state index in [4.69, 9.17) is 9.98 Å². The fourth-order valence-electron chi connectivity index (χ4n) is 5.89. The maximum atomic E-state index is 10.3. The Bertz CT molecular complexity index is 1990. The zero-order valence-corrected chi connectivity index (χ0v) is 29.8. The minimum atomic E-state index is -0.153. The largest absolute Gasteiger partial charge is 0.469 e. The van der Waals surface area contributed by atoms with Gasteiger partial charge in [-0.3, -0.25) is 4.79 Å². The molecule has 5 heteroatoms. The van der Waals surface area contributed by atoms with Gasteiger partial charge in [0.2, 0.25) is 0 Å². The Morgan fingerprint density at radius 3 is 1.37 bits per heavy atom. The molecule has 0 bridgehead atoms. The fraction of sp³-hybridized carbons (Fsp3) is 0.136. The molecule has 6 aromatic carbocycles. The third-order valence-electron chi connectivity index (χ3n) is 8.25. The number of carbonyl (C=O) groups excluding carboxylic acids is 1. The van der Waals surface area contributed by atoms with Crippen LogP contribution in [0.2, 0.25) is 0 Å². The maximum Gasteiger partial charge on any atom is 0.308 e. The number of methoxy groups -OCH3 is 1. The molecule has 49 heavy (non-hydrogen) atoms. The van der Waals surface area contributed by atoms with Gasteiger partial charge in [-0.2, -0.15) is 0 Å². The van der Waals surface area contributed by atoms with Gasteiger partial charge in [-0.25, -0.2) is 9.98 Å². The summed E-state index contributed by atoms with van der Waals surface area (Å²) in [5.41, 5.74) is 12.9. The Labute approximate surface area is 300 Å². The van der Waals surface area contributed by atoms with Crippen LogP contribution in [0.15, 0.2) is 143 Å². The van der Waals surface area contributed by atoms with Crippen LogP contribution in [-0.2, 0) is 26.0 Å². The van der Waals surface area contributed by atoms with Crippen molar-refractivity contribution in [3.05, 3.63) is 163 Å². The van der Waals surface area contributed by atoms with Gasteiger partial charge in [0.1, 0.15) is 0 Å². The average molecular weight is 689 g/mol. The molecule has 0 N–H and O–H groups in total. The van der Waals surface area contributed by atoms with Gasteiger partial charge in [0.05, 0.1) is 35.8 Å². The summed E-state index contributed by atoms with van der Waals surface area (Å²) in [5.74, 6) is -0.148. The van der Waals surface area contributed by atoms with Gasteiger partial charge in [-0.1, -0.05) is 134 Å². The summed E-state index contributed by atoms with van der Waals surface area (Å²) < 4.78 is 4.37. The van der Waals surface area contributed by atoms with Crippen LogP contribution in [-0.4, -0.2) is 24.5 Å². The van der Waals surface area contributed by atoms with Crippen molar-refractivity contribution in [1.29, 1.82) is 0 Å². The van der Waals surface area contributed by atoms with Gasteiger partial charge in [0.25, 0.3) is 0 Å². The summed E-state index contributed by atoms with van der Waals surface area (Å²) >= 11 is 0. The predicted octanol–water partition coefficient (Wildman–Crippen LogP) is 11.3. The zero-order valence-electron chi connectivity index (χ0n) is 28.8. The van der Waals surface area contributed by atoms with Crippen LogP contribution in [0.1, 0.15) is 36.1 Å². The molecule has 0 aromatic heterocycles. The molecule has 0 saturated heterocycles. The van der Waals surface area contributed by atoms with Crippen LogP contribution in [0.5, 0.6) is 0 Å². The third-order valence-corrected chi connectivity index (χ3v) is 8.25. The number of aliphatic imine (C=N–C) groups is 2. The van der Waals surface area contributed by atoms with Crippen molar-refractivity contribution in [2.24, 2.45) is 15.9 Å². The molecule has 1 aliphatic rings. The number of rotatable bonds is 5. The smallest absolute Gasteiger partial charge is 0.308 e. The SMILES string of the molecule is COC(=O)C(C)C.Cc1ccc(N=C2C(=Nc3ccc(C)cc3-c3ccccc3)c3cccc4cccc2c34)c(-c2ccccc2)c1.[CH3-].[Ni]. The molecule has 0 unspecified atom stereocenters. The Morgan fingerprint density at radius 1 is 0.571 bits per heavy atom. The summed E-state index contributed by atoms with van der Waals surface area (Å²) in [6, 6.07) is 46.9. The van der Waals surface area contributed by atoms with E-state index in [1.807, 2.05) is 0 Å². The summed E-state index contributed by atoms with van der Waals surface area (Å²) in [4.78, 5) is 21.1. The van der Waals surface area contributed by atoms with Crippen LogP contribution < -0.4 is 0 Å². The summed E-state index contributed by atoms with van der Waals surface area (Å²) in [7, 11) is 1.39. The van der Waals surface area contributed by atoms with Crippen LogP contribution in [0.4, 0.5) is 11.4 Å². The molecule has 0 amide bonds. The van der Waals surface area contributed by atoms with Crippen molar-refractivity contribution < 1.29 is 26.0 Å². The average Bonchev–Trinajstić information content (AvgIpc) is 3.40. The van der Waals surface area contributed by atoms with Crippen molar-refractivity contribution in [3.63, 3.8) is 0 Å². The molecule has 0 radical (unpaired) electrons. The predicted molar refractivity (Wildman–Crippen MR) is 203 cm³/mol. The van der Waals surface area contributed by atoms with Gasteiger partial charge < -0.3 is 12.2 Å².